The van der Waals surface area contributed by atoms with Crippen molar-refractivity contribution in [2.45, 2.75) is 142 Å². The fourth-order valence-electron chi connectivity index (χ4n) is 4.10. The predicted octanol–water partition coefficient (Wildman–Crippen LogP) is 5.19. The zero-order chi connectivity index (χ0) is 29.1. The van der Waals surface area contributed by atoms with E-state index in [1.54, 1.807) is 0 Å². The van der Waals surface area contributed by atoms with E-state index in [0.29, 0.717) is 12.8 Å². The molecule has 9 heteroatoms. The van der Waals surface area contributed by atoms with E-state index in [9.17, 15) is 19.2 Å². The number of carbonyl (C=O) groups excluding carboxylic acids is 3. The molecule has 0 rings (SSSR count). The first-order valence-electron chi connectivity index (χ1n) is 15.1. The number of carboxylic acid groups (broad SMARTS) is 1. The van der Waals surface area contributed by atoms with Crippen molar-refractivity contribution in [1.29, 1.82) is 0 Å². The topological polar surface area (TPSA) is 142 Å². The lowest BCUT2D eigenvalue weighted by Gasteiger charge is -2.15. The summed E-state index contributed by atoms with van der Waals surface area (Å²) in [5.41, 5.74) is 0. The quantitative estimate of drug-likeness (QED) is 0.0654. The van der Waals surface area contributed by atoms with Crippen LogP contribution in [0.2, 0.25) is 0 Å². The van der Waals surface area contributed by atoms with E-state index in [-0.39, 0.29) is 30.9 Å². The number of ether oxygens (including phenoxy) is 1. The summed E-state index contributed by atoms with van der Waals surface area (Å²) >= 11 is 0. The number of nitrogens with one attached hydrogen (secondary N) is 2. The van der Waals surface area contributed by atoms with Crippen LogP contribution in [0.25, 0.3) is 0 Å². The third-order valence-corrected chi connectivity index (χ3v) is 6.48. The number of esters is 1. The standard InChI is InChI=1S/C30H54N2O7/c1-3-5-7-8-9-10-11-12-18-22-29(36)39-25(19-15-6-4-2)20-16-13-14-17-21-27(34)31-23-28(35)32-26(24-33)30(37)38/h15,19,25-26,33H,3-14,16-18,20-24H2,1-2H3,(H,31,34)(H,32,35)(H,37,38)/b19-15-. The molecule has 0 aromatic carbocycles. The maximum Gasteiger partial charge on any atom is 0.328 e. The molecule has 2 unspecified atom stereocenters. The molecule has 2 atom stereocenters. The molecule has 0 aromatic rings. The highest BCUT2D eigenvalue weighted by atomic mass is 16.5. The van der Waals surface area contributed by atoms with Gasteiger partial charge in [-0.25, -0.2) is 4.79 Å². The van der Waals surface area contributed by atoms with Crippen LogP contribution < -0.4 is 10.6 Å². The zero-order valence-electron chi connectivity index (χ0n) is 24.4. The van der Waals surface area contributed by atoms with Crippen LogP contribution in [0.15, 0.2) is 12.2 Å². The summed E-state index contributed by atoms with van der Waals surface area (Å²) < 4.78 is 5.74. The maximum atomic E-state index is 12.4. The van der Waals surface area contributed by atoms with Gasteiger partial charge in [-0.05, 0) is 38.2 Å². The molecule has 0 heterocycles. The van der Waals surface area contributed by atoms with Crippen LogP contribution in [0.1, 0.15) is 129 Å². The van der Waals surface area contributed by atoms with E-state index in [4.69, 9.17) is 14.9 Å². The summed E-state index contributed by atoms with van der Waals surface area (Å²) in [7, 11) is 0. The highest BCUT2D eigenvalue weighted by molar-refractivity contribution is 5.87. The van der Waals surface area contributed by atoms with Crippen molar-refractivity contribution in [2.24, 2.45) is 0 Å². The summed E-state index contributed by atoms with van der Waals surface area (Å²) in [4.78, 5) is 46.7. The number of allylic oxidation sites excluding steroid dienone is 1. The van der Waals surface area contributed by atoms with Gasteiger partial charge in [0, 0.05) is 12.8 Å². The number of hydrogen-bond acceptors (Lipinski definition) is 6. The van der Waals surface area contributed by atoms with Gasteiger partial charge < -0.3 is 25.6 Å². The summed E-state index contributed by atoms with van der Waals surface area (Å²) in [5, 5.41) is 22.3. The Morgan fingerprint density at radius 2 is 1.36 bits per heavy atom. The van der Waals surface area contributed by atoms with E-state index >= 15 is 0 Å². The van der Waals surface area contributed by atoms with Crippen LogP contribution in [-0.4, -0.2) is 59.3 Å². The molecular weight excluding hydrogens is 500 g/mol. The van der Waals surface area contributed by atoms with Crippen LogP contribution in [0, 0.1) is 0 Å². The van der Waals surface area contributed by atoms with Crippen molar-refractivity contribution in [2.75, 3.05) is 13.2 Å². The van der Waals surface area contributed by atoms with Gasteiger partial charge in [0.2, 0.25) is 11.8 Å². The Kier molecular flexibility index (Phi) is 24.2. The molecule has 226 valence electrons. The van der Waals surface area contributed by atoms with Crippen molar-refractivity contribution in [3.63, 3.8) is 0 Å². The van der Waals surface area contributed by atoms with Gasteiger partial charge >= 0.3 is 11.9 Å². The fraction of sp³-hybridized carbons (Fsp3) is 0.800. The van der Waals surface area contributed by atoms with Crippen LogP contribution in [-0.2, 0) is 23.9 Å². The fourth-order valence-corrected chi connectivity index (χ4v) is 4.10. The van der Waals surface area contributed by atoms with E-state index in [0.717, 1.165) is 51.4 Å². The number of aliphatic carboxylic acids is 1. The summed E-state index contributed by atoms with van der Waals surface area (Å²) in [6.45, 7) is 3.28. The van der Waals surface area contributed by atoms with E-state index in [2.05, 4.69) is 30.6 Å². The SMILES string of the molecule is CCC/C=C\C(CCCCCCC(=O)NCC(=O)NC(CO)C(=O)O)OC(=O)CCCCCCCCCCC. The van der Waals surface area contributed by atoms with Gasteiger partial charge in [-0.15, -0.1) is 0 Å². The third-order valence-electron chi connectivity index (χ3n) is 6.48. The van der Waals surface area contributed by atoms with Crippen LogP contribution in [0.5, 0.6) is 0 Å². The second kappa shape index (κ2) is 25.8. The number of carboxylic acids is 1. The maximum absolute atomic E-state index is 12.4. The van der Waals surface area contributed by atoms with E-state index in [1.807, 2.05) is 6.08 Å². The lowest BCUT2D eigenvalue weighted by molar-refractivity contribution is -0.147. The molecule has 0 saturated heterocycles. The molecule has 0 aromatic heterocycles. The Morgan fingerprint density at radius 1 is 0.769 bits per heavy atom. The van der Waals surface area contributed by atoms with Gasteiger partial charge in [0.25, 0.3) is 0 Å². The van der Waals surface area contributed by atoms with Crippen LogP contribution >= 0.6 is 0 Å². The first-order valence-corrected chi connectivity index (χ1v) is 15.1. The lowest BCUT2D eigenvalue weighted by Crippen LogP contribution is -2.47. The number of aliphatic hydroxyl groups excluding tert-OH is 1. The first kappa shape index (κ1) is 36.6. The van der Waals surface area contributed by atoms with E-state index < -0.39 is 24.5 Å². The molecule has 39 heavy (non-hydrogen) atoms. The minimum absolute atomic E-state index is 0.126. The number of unbranched alkanes of at least 4 members (excludes halogenated alkanes) is 12. The molecule has 0 saturated carbocycles. The molecule has 0 aliphatic carbocycles. The second-order valence-electron chi connectivity index (χ2n) is 10.2. The van der Waals surface area contributed by atoms with E-state index in [1.165, 1.54) is 44.9 Å². The minimum Gasteiger partial charge on any atom is -0.480 e. The molecule has 0 fully saturated rings. The second-order valence-corrected chi connectivity index (χ2v) is 10.2. The monoisotopic (exact) mass is 554 g/mol. The molecule has 9 nitrogen and oxygen atoms in total. The zero-order valence-corrected chi connectivity index (χ0v) is 24.4. The normalized spacial score (nSPS) is 12.7. The van der Waals surface area contributed by atoms with Crippen LogP contribution in [0.4, 0.5) is 0 Å². The smallest absolute Gasteiger partial charge is 0.328 e. The van der Waals surface area contributed by atoms with Crippen molar-refractivity contribution in [3.05, 3.63) is 12.2 Å². The number of aliphatic hydroxyl groups is 1. The minimum atomic E-state index is -1.38. The molecule has 4 N–H and O–H groups in total. The van der Waals surface area contributed by atoms with Gasteiger partial charge in [0.1, 0.15) is 12.1 Å². The lowest BCUT2D eigenvalue weighted by atomic mass is 10.1. The van der Waals surface area contributed by atoms with Crippen LogP contribution in [0.3, 0.4) is 0 Å². The van der Waals surface area contributed by atoms with Gasteiger partial charge in [-0.1, -0.05) is 90.6 Å². The van der Waals surface area contributed by atoms with Gasteiger partial charge in [0.05, 0.1) is 13.2 Å². The molecule has 0 aliphatic rings. The molecule has 0 bridgehead atoms. The van der Waals surface area contributed by atoms with Gasteiger partial charge in [-0.2, -0.15) is 0 Å². The van der Waals surface area contributed by atoms with Gasteiger partial charge in [0.15, 0.2) is 0 Å². The Balaban J connectivity index is 4.07. The molecule has 0 radical (unpaired) electrons. The summed E-state index contributed by atoms with van der Waals surface area (Å²) in [5.74, 6) is -2.42. The Hall–Kier alpha value is -2.42. The Labute approximate surface area is 235 Å². The Bertz CT molecular complexity index is 697. The third kappa shape index (κ3) is 23.2. The highest BCUT2D eigenvalue weighted by Crippen LogP contribution is 2.14. The highest BCUT2D eigenvalue weighted by Gasteiger charge is 2.18. The molecule has 2 amide bonds. The predicted molar refractivity (Wildman–Crippen MR) is 153 cm³/mol. The number of carbonyl (C=O) groups is 4. The van der Waals surface area contributed by atoms with Crippen molar-refractivity contribution >= 4 is 23.8 Å². The van der Waals surface area contributed by atoms with Gasteiger partial charge in [-0.3, -0.25) is 14.4 Å². The molecule has 0 aliphatic heterocycles. The first-order chi connectivity index (χ1) is 18.8. The summed E-state index contributed by atoms with van der Waals surface area (Å²) in [6.07, 6.45) is 21.6. The summed E-state index contributed by atoms with van der Waals surface area (Å²) in [6, 6.07) is -1.38. The average Bonchev–Trinajstić information content (AvgIpc) is 2.91. The molecule has 0 spiro atoms. The largest absolute Gasteiger partial charge is 0.480 e. The number of hydrogen-bond donors (Lipinski definition) is 4. The molecular formula is C30H54N2O7. The Morgan fingerprint density at radius 3 is 1.95 bits per heavy atom. The van der Waals surface area contributed by atoms with Crippen molar-refractivity contribution < 1.29 is 34.1 Å². The number of amides is 2. The van der Waals surface area contributed by atoms with Crippen molar-refractivity contribution in [1.82, 2.24) is 10.6 Å². The van der Waals surface area contributed by atoms with Crippen molar-refractivity contribution in [3.8, 4) is 0 Å². The average molecular weight is 555 g/mol. The number of rotatable bonds is 26.